The Labute approximate surface area is 130 Å². The molecule has 1 aliphatic rings. The van der Waals surface area contributed by atoms with Crippen molar-refractivity contribution in [1.29, 1.82) is 0 Å². The van der Waals surface area contributed by atoms with E-state index in [9.17, 15) is 4.79 Å². The standard InChI is InChI=1S/C13H13N3O3S2/c1-16-11(14)10(21-13(16)20)12(17)15-5-7-2-3-8-9(4-7)19-6-18-8/h2-4H,5-6,14H2,1H3,(H,15,17). The van der Waals surface area contributed by atoms with Gasteiger partial charge in [0.2, 0.25) is 6.79 Å². The molecule has 0 radical (unpaired) electrons. The molecule has 0 saturated carbocycles. The number of benzene rings is 1. The number of anilines is 1. The topological polar surface area (TPSA) is 78.5 Å². The van der Waals surface area contributed by atoms with E-state index in [1.165, 1.54) is 11.3 Å². The number of nitrogen functional groups attached to an aromatic ring is 1. The summed E-state index contributed by atoms with van der Waals surface area (Å²) in [6.07, 6.45) is 0. The first kappa shape index (κ1) is 13.9. The highest BCUT2D eigenvalue weighted by Gasteiger charge is 2.16. The molecule has 3 rings (SSSR count). The SMILES string of the molecule is Cn1c(N)c(C(=O)NCc2ccc3c(c2)OCO3)sc1=S. The summed E-state index contributed by atoms with van der Waals surface area (Å²) in [4.78, 5) is 12.6. The number of fused-ring (bicyclic) bond motifs is 1. The van der Waals surface area contributed by atoms with Crippen molar-refractivity contribution >= 4 is 35.3 Å². The third-order valence-electron chi connectivity index (χ3n) is 3.15. The minimum absolute atomic E-state index is 0.231. The molecule has 1 aromatic carbocycles. The Kier molecular flexibility index (Phi) is 3.56. The summed E-state index contributed by atoms with van der Waals surface area (Å²) in [5.74, 6) is 1.56. The number of hydrogen-bond donors (Lipinski definition) is 2. The number of nitrogens with one attached hydrogen (secondary N) is 1. The second-order valence-corrected chi connectivity index (χ2v) is 6.16. The summed E-state index contributed by atoms with van der Waals surface area (Å²) in [6, 6.07) is 5.55. The molecule has 0 unspecified atom stereocenters. The summed E-state index contributed by atoms with van der Waals surface area (Å²) >= 11 is 6.30. The van der Waals surface area contributed by atoms with Crippen LogP contribution in [-0.4, -0.2) is 17.3 Å². The van der Waals surface area contributed by atoms with E-state index in [0.717, 1.165) is 11.3 Å². The molecule has 0 spiro atoms. The number of nitrogens with two attached hydrogens (primary N) is 1. The fraction of sp³-hybridized carbons (Fsp3) is 0.231. The maximum absolute atomic E-state index is 12.1. The zero-order chi connectivity index (χ0) is 15.0. The Balaban J connectivity index is 1.71. The molecule has 0 saturated heterocycles. The molecule has 1 aromatic heterocycles. The first-order chi connectivity index (χ1) is 10.1. The monoisotopic (exact) mass is 323 g/mol. The van der Waals surface area contributed by atoms with Gasteiger partial charge in [0, 0.05) is 13.6 Å². The van der Waals surface area contributed by atoms with Crippen LogP contribution in [0.3, 0.4) is 0 Å². The van der Waals surface area contributed by atoms with Gasteiger partial charge in [-0.15, -0.1) is 0 Å². The van der Waals surface area contributed by atoms with Gasteiger partial charge in [-0.25, -0.2) is 0 Å². The van der Waals surface area contributed by atoms with E-state index >= 15 is 0 Å². The zero-order valence-corrected chi connectivity index (χ0v) is 12.8. The van der Waals surface area contributed by atoms with Crippen molar-refractivity contribution < 1.29 is 14.3 Å². The number of carbonyl (C=O) groups excluding carboxylic acids is 1. The van der Waals surface area contributed by atoms with E-state index in [1.54, 1.807) is 11.6 Å². The van der Waals surface area contributed by atoms with Crippen molar-refractivity contribution in [3.63, 3.8) is 0 Å². The molecule has 8 heteroatoms. The average molecular weight is 323 g/mol. The molecule has 1 amide bonds. The normalized spacial score (nSPS) is 12.4. The van der Waals surface area contributed by atoms with E-state index in [4.69, 9.17) is 27.4 Å². The van der Waals surface area contributed by atoms with Gasteiger partial charge in [-0.3, -0.25) is 4.79 Å². The van der Waals surface area contributed by atoms with Crippen LogP contribution in [0.5, 0.6) is 11.5 Å². The van der Waals surface area contributed by atoms with Crippen molar-refractivity contribution in [2.45, 2.75) is 6.54 Å². The lowest BCUT2D eigenvalue weighted by Gasteiger charge is -2.06. The van der Waals surface area contributed by atoms with Crippen molar-refractivity contribution in [2.75, 3.05) is 12.5 Å². The number of rotatable bonds is 3. The quantitative estimate of drug-likeness (QED) is 0.845. The Morgan fingerprint density at radius 3 is 2.95 bits per heavy atom. The fourth-order valence-corrected chi connectivity index (χ4v) is 3.10. The summed E-state index contributed by atoms with van der Waals surface area (Å²) < 4.78 is 12.7. The molecular formula is C13H13N3O3S2. The molecule has 3 N–H and O–H groups in total. The molecule has 0 aliphatic carbocycles. The average Bonchev–Trinajstić information content (AvgIpc) is 3.04. The molecule has 110 valence electrons. The van der Waals surface area contributed by atoms with Gasteiger partial charge in [-0.05, 0) is 29.9 Å². The number of ether oxygens (including phenoxy) is 2. The molecule has 0 bridgehead atoms. The number of carbonyl (C=O) groups is 1. The van der Waals surface area contributed by atoms with Gasteiger partial charge >= 0.3 is 0 Å². The van der Waals surface area contributed by atoms with Crippen LogP contribution >= 0.6 is 23.6 Å². The highest BCUT2D eigenvalue weighted by Crippen LogP contribution is 2.32. The Hall–Kier alpha value is -2.06. The predicted molar refractivity (Wildman–Crippen MR) is 82.3 cm³/mol. The Morgan fingerprint density at radius 1 is 1.48 bits per heavy atom. The molecular weight excluding hydrogens is 310 g/mol. The van der Waals surface area contributed by atoms with Crippen LogP contribution in [-0.2, 0) is 13.6 Å². The maximum atomic E-state index is 12.1. The number of aromatic nitrogens is 1. The van der Waals surface area contributed by atoms with Gasteiger partial charge in [0.05, 0.1) is 0 Å². The van der Waals surface area contributed by atoms with Crippen LogP contribution in [0.4, 0.5) is 5.82 Å². The van der Waals surface area contributed by atoms with Crippen LogP contribution < -0.4 is 20.5 Å². The van der Waals surface area contributed by atoms with Crippen molar-refractivity contribution in [3.05, 3.63) is 32.6 Å². The van der Waals surface area contributed by atoms with Crippen molar-refractivity contribution in [3.8, 4) is 11.5 Å². The largest absolute Gasteiger partial charge is 0.454 e. The van der Waals surface area contributed by atoms with Crippen molar-refractivity contribution in [2.24, 2.45) is 7.05 Å². The van der Waals surface area contributed by atoms with E-state index in [2.05, 4.69) is 5.32 Å². The smallest absolute Gasteiger partial charge is 0.265 e. The second-order valence-electron chi connectivity index (χ2n) is 4.51. The van der Waals surface area contributed by atoms with E-state index in [-0.39, 0.29) is 12.7 Å². The van der Waals surface area contributed by atoms with Crippen LogP contribution in [0.15, 0.2) is 18.2 Å². The van der Waals surface area contributed by atoms with Gasteiger partial charge < -0.3 is 25.1 Å². The molecule has 1 aliphatic heterocycles. The van der Waals surface area contributed by atoms with Crippen LogP contribution in [0, 0.1) is 3.95 Å². The highest BCUT2D eigenvalue weighted by atomic mass is 32.1. The summed E-state index contributed by atoms with van der Waals surface area (Å²) in [5, 5.41) is 2.82. The van der Waals surface area contributed by atoms with Crippen molar-refractivity contribution in [1.82, 2.24) is 9.88 Å². The predicted octanol–water partition coefficient (Wildman–Crippen LogP) is 2.06. The van der Waals surface area contributed by atoms with Gasteiger partial charge in [0.25, 0.3) is 5.91 Å². The summed E-state index contributed by atoms with van der Waals surface area (Å²) in [5.41, 5.74) is 6.78. The third kappa shape index (κ3) is 2.59. The van der Waals surface area contributed by atoms with Gasteiger partial charge in [-0.2, -0.15) is 0 Å². The number of thiazole rings is 1. The lowest BCUT2D eigenvalue weighted by molar-refractivity contribution is 0.0955. The molecule has 0 atom stereocenters. The van der Waals surface area contributed by atoms with Gasteiger partial charge in [0.15, 0.2) is 15.5 Å². The minimum Gasteiger partial charge on any atom is -0.454 e. The Morgan fingerprint density at radius 2 is 2.24 bits per heavy atom. The summed E-state index contributed by atoms with van der Waals surface area (Å²) in [6.45, 7) is 0.609. The second kappa shape index (κ2) is 5.38. The third-order valence-corrected chi connectivity index (χ3v) is 4.72. The van der Waals surface area contributed by atoms with E-state index < -0.39 is 0 Å². The zero-order valence-electron chi connectivity index (χ0n) is 11.2. The Bertz CT molecular complexity index is 767. The van der Waals surface area contributed by atoms with Crippen LogP contribution in [0.1, 0.15) is 15.2 Å². The number of amides is 1. The fourth-order valence-electron chi connectivity index (χ4n) is 1.93. The first-order valence-electron chi connectivity index (χ1n) is 6.18. The number of nitrogens with zero attached hydrogens (tertiary/aromatic N) is 1. The molecule has 6 nitrogen and oxygen atoms in total. The lowest BCUT2D eigenvalue weighted by atomic mass is 10.2. The maximum Gasteiger partial charge on any atom is 0.265 e. The van der Waals surface area contributed by atoms with Crippen LogP contribution in [0.2, 0.25) is 0 Å². The molecule has 21 heavy (non-hydrogen) atoms. The van der Waals surface area contributed by atoms with E-state index in [1.807, 2.05) is 18.2 Å². The van der Waals surface area contributed by atoms with Crippen LogP contribution in [0.25, 0.3) is 0 Å². The molecule has 2 aromatic rings. The number of hydrogen-bond acceptors (Lipinski definition) is 6. The summed E-state index contributed by atoms with van der Waals surface area (Å²) in [7, 11) is 1.74. The van der Waals surface area contributed by atoms with Gasteiger partial charge in [0.1, 0.15) is 10.7 Å². The lowest BCUT2D eigenvalue weighted by Crippen LogP contribution is -2.23. The van der Waals surface area contributed by atoms with E-state index in [0.29, 0.717) is 26.9 Å². The van der Waals surface area contributed by atoms with Gasteiger partial charge in [-0.1, -0.05) is 17.4 Å². The molecule has 0 fully saturated rings. The highest BCUT2D eigenvalue weighted by molar-refractivity contribution is 7.73. The minimum atomic E-state index is -0.234. The first-order valence-corrected chi connectivity index (χ1v) is 7.41. The molecule has 2 heterocycles.